The van der Waals surface area contributed by atoms with E-state index >= 15 is 0 Å². The van der Waals surface area contributed by atoms with Crippen LogP contribution in [0.15, 0.2) is 30.3 Å². The second kappa shape index (κ2) is 10.1. The first-order valence-corrected chi connectivity index (χ1v) is 10.3. The number of hydrogen-bond acceptors (Lipinski definition) is 5. The molecule has 2 aliphatic heterocycles. The summed E-state index contributed by atoms with van der Waals surface area (Å²) in [6, 6.07) is 8.59. The number of piperazine rings is 1. The minimum Gasteiger partial charge on any atom is -0.450 e. The summed E-state index contributed by atoms with van der Waals surface area (Å²) in [5.41, 5.74) is 1.05. The monoisotopic (exact) mass is 416 g/mol. The summed E-state index contributed by atoms with van der Waals surface area (Å²) in [4.78, 5) is 53.4. The molecule has 30 heavy (non-hydrogen) atoms. The van der Waals surface area contributed by atoms with E-state index in [9.17, 15) is 19.2 Å². The Morgan fingerprint density at radius 3 is 2.40 bits per heavy atom. The number of carbonyl (C=O) groups is 4. The second-order valence-corrected chi connectivity index (χ2v) is 7.33. The van der Waals surface area contributed by atoms with E-state index in [0.717, 1.165) is 5.56 Å². The molecule has 0 aliphatic carbocycles. The van der Waals surface area contributed by atoms with Crippen molar-refractivity contribution in [3.8, 4) is 0 Å². The molecule has 0 spiro atoms. The van der Waals surface area contributed by atoms with E-state index in [1.165, 1.54) is 4.90 Å². The van der Waals surface area contributed by atoms with Crippen LogP contribution in [0.2, 0.25) is 0 Å². The Morgan fingerprint density at radius 1 is 1.07 bits per heavy atom. The number of amides is 5. The van der Waals surface area contributed by atoms with E-state index in [4.69, 9.17) is 4.74 Å². The van der Waals surface area contributed by atoms with Crippen molar-refractivity contribution in [3.05, 3.63) is 35.9 Å². The second-order valence-electron chi connectivity index (χ2n) is 7.33. The summed E-state index contributed by atoms with van der Waals surface area (Å²) in [6.45, 7) is 4.12. The van der Waals surface area contributed by atoms with E-state index in [1.54, 1.807) is 16.7 Å². The number of ether oxygens (including phenoxy) is 1. The Labute approximate surface area is 175 Å². The van der Waals surface area contributed by atoms with E-state index in [0.29, 0.717) is 45.8 Å². The fourth-order valence-electron chi connectivity index (χ4n) is 3.65. The van der Waals surface area contributed by atoms with Gasteiger partial charge >= 0.3 is 12.1 Å². The molecule has 162 valence electrons. The van der Waals surface area contributed by atoms with Gasteiger partial charge in [-0.25, -0.2) is 9.59 Å². The number of rotatable bonds is 7. The molecule has 2 saturated heterocycles. The lowest BCUT2D eigenvalue weighted by molar-refractivity contribution is -0.133. The van der Waals surface area contributed by atoms with Gasteiger partial charge in [0.2, 0.25) is 5.91 Å². The molecule has 0 radical (unpaired) electrons. The maximum Gasteiger partial charge on any atom is 0.409 e. The molecule has 3 rings (SSSR count). The van der Waals surface area contributed by atoms with Gasteiger partial charge in [0.25, 0.3) is 5.91 Å². The first kappa shape index (κ1) is 21.6. The Kier molecular flexibility index (Phi) is 7.26. The number of urea groups is 1. The summed E-state index contributed by atoms with van der Waals surface area (Å²) in [7, 11) is 0. The molecule has 1 aromatic carbocycles. The van der Waals surface area contributed by atoms with Crippen LogP contribution >= 0.6 is 0 Å². The average Bonchev–Trinajstić information content (AvgIpc) is 3.04. The van der Waals surface area contributed by atoms with Gasteiger partial charge in [0.15, 0.2) is 0 Å². The Hall–Kier alpha value is -3.10. The van der Waals surface area contributed by atoms with Crippen molar-refractivity contribution in [2.45, 2.75) is 32.2 Å². The summed E-state index contributed by atoms with van der Waals surface area (Å²) in [5.74, 6) is -0.362. The lowest BCUT2D eigenvalue weighted by atomic mass is 10.1. The molecule has 2 heterocycles. The molecule has 9 nitrogen and oxygen atoms in total. The molecule has 1 N–H and O–H groups in total. The van der Waals surface area contributed by atoms with Crippen molar-refractivity contribution < 1.29 is 23.9 Å². The number of hydrogen-bond donors (Lipinski definition) is 1. The number of imide groups is 1. The van der Waals surface area contributed by atoms with E-state index in [2.05, 4.69) is 5.32 Å². The molecule has 0 aromatic heterocycles. The first-order chi connectivity index (χ1) is 14.5. The van der Waals surface area contributed by atoms with Crippen molar-refractivity contribution in [2.24, 2.45) is 0 Å². The minimum absolute atomic E-state index is 0.0803. The average molecular weight is 416 g/mol. The quantitative estimate of drug-likeness (QED) is 0.674. The van der Waals surface area contributed by atoms with Crippen molar-refractivity contribution in [3.63, 3.8) is 0 Å². The van der Waals surface area contributed by atoms with Crippen LogP contribution < -0.4 is 5.32 Å². The maximum absolute atomic E-state index is 12.6. The fourth-order valence-corrected chi connectivity index (χ4v) is 3.65. The first-order valence-electron chi connectivity index (χ1n) is 10.3. The van der Waals surface area contributed by atoms with Crippen molar-refractivity contribution in [1.29, 1.82) is 0 Å². The van der Waals surface area contributed by atoms with Crippen LogP contribution in [0.25, 0.3) is 0 Å². The number of nitrogens with one attached hydrogen (secondary N) is 1. The molecule has 1 aromatic rings. The minimum atomic E-state index is -0.668. The van der Waals surface area contributed by atoms with Gasteiger partial charge in [-0.3, -0.25) is 14.5 Å². The van der Waals surface area contributed by atoms with E-state index < -0.39 is 12.1 Å². The van der Waals surface area contributed by atoms with Gasteiger partial charge in [0, 0.05) is 39.1 Å². The lowest BCUT2D eigenvalue weighted by Gasteiger charge is -2.34. The zero-order valence-electron chi connectivity index (χ0n) is 17.2. The van der Waals surface area contributed by atoms with Gasteiger partial charge in [-0.15, -0.1) is 0 Å². The molecule has 1 atom stereocenters. The summed E-state index contributed by atoms with van der Waals surface area (Å²) in [5, 5.41) is 2.68. The van der Waals surface area contributed by atoms with Gasteiger partial charge in [-0.05, 0) is 25.3 Å². The largest absolute Gasteiger partial charge is 0.450 e. The molecule has 9 heteroatoms. The molecule has 5 amide bonds. The maximum atomic E-state index is 12.6. The third-order valence-electron chi connectivity index (χ3n) is 5.38. The molecule has 2 aliphatic rings. The SMILES string of the molecule is CCOC(=O)N1CCN(C(=O)CC[C@@H]2NC(=O)N(CCc3ccccc3)C2=O)CC1. The third kappa shape index (κ3) is 5.28. The van der Waals surface area contributed by atoms with Crippen molar-refractivity contribution >= 4 is 23.9 Å². The predicted octanol–water partition coefficient (Wildman–Crippen LogP) is 1.23. The topological polar surface area (TPSA) is 99.3 Å². The summed E-state index contributed by atoms with van der Waals surface area (Å²) in [6.07, 6.45) is 0.668. The van der Waals surface area contributed by atoms with Crippen LogP contribution in [0.5, 0.6) is 0 Å². The van der Waals surface area contributed by atoms with Crippen molar-refractivity contribution in [1.82, 2.24) is 20.0 Å². The normalized spacial score (nSPS) is 19.1. The number of benzene rings is 1. The highest BCUT2D eigenvalue weighted by Crippen LogP contribution is 2.14. The van der Waals surface area contributed by atoms with Gasteiger partial charge in [0.1, 0.15) is 6.04 Å². The van der Waals surface area contributed by atoms with Crippen LogP contribution in [0.4, 0.5) is 9.59 Å². The molecule has 2 fully saturated rings. The van der Waals surface area contributed by atoms with Gasteiger partial charge in [-0.1, -0.05) is 30.3 Å². The fraction of sp³-hybridized carbons (Fsp3) is 0.524. The molecule has 0 unspecified atom stereocenters. The Balaban J connectivity index is 1.42. The van der Waals surface area contributed by atoms with Gasteiger partial charge in [0.05, 0.1) is 6.61 Å². The van der Waals surface area contributed by atoms with Gasteiger partial charge in [-0.2, -0.15) is 0 Å². The molecular formula is C21H28N4O5. The van der Waals surface area contributed by atoms with Crippen LogP contribution in [0.1, 0.15) is 25.3 Å². The van der Waals surface area contributed by atoms with Gasteiger partial charge < -0.3 is 19.9 Å². The predicted molar refractivity (Wildman–Crippen MR) is 109 cm³/mol. The molecule has 0 bridgehead atoms. The highest BCUT2D eigenvalue weighted by molar-refractivity contribution is 6.04. The summed E-state index contributed by atoms with van der Waals surface area (Å²) < 4.78 is 4.97. The van der Waals surface area contributed by atoms with E-state index in [-0.39, 0.29) is 30.7 Å². The number of nitrogens with zero attached hydrogens (tertiary/aromatic N) is 3. The van der Waals surface area contributed by atoms with E-state index in [1.807, 2.05) is 30.3 Å². The lowest BCUT2D eigenvalue weighted by Crippen LogP contribution is -2.50. The zero-order chi connectivity index (χ0) is 21.5. The number of carbonyl (C=O) groups excluding carboxylic acids is 4. The summed E-state index contributed by atoms with van der Waals surface area (Å²) >= 11 is 0. The highest BCUT2D eigenvalue weighted by Gasteiger charge is 2.38. The molecule has 0 saturated carbocycles. The van der Waals surface area contributed by atoms with Crippen LogP contribution in [0.3, 0.4) is 0 Å². The smallest absolute Gasteiger partial charge is 0.409 e. The molecular weight excluding hydrogens is 388 g/mol. The Bertz CT molecular complexity index is 777. The van der Waals surface area contributed by atoms with Crippen molar-refractivity contribution in [2.75, 3.05) is 39.3 Å². The van der Waals surface area contributed by atoms with Crippen LogP contribution in [0, 0.1) is 0 Å². The van der Waals surface area contributed by atoms with Crippen LogP contribution in [-0.4, -0.2) is 84.0 Å². The zero-order valence-corrected chi connectivity index (χ0v) is 17.2. The Morgan fingerprint density at radius 2 is 1.73 bits per heavy atom. The third-order valence-corrected chi connectivity index (χ3v) is 5.38. The highest BCUT2D eigenvalue weighted by atomic mass is 16.6. The van der Waals surface area contributed by atoms with Crippen LogP contribution in [-0.2, 0) is 20.7 Å². The standard InChI is InChI=1S/C21H28N4O5/c1-2-30-21(29)24-14-12-23(13-15-24)18(26)9-8-17-19(27)25(20(28)22-17)11-10-16-6-4-3-5-7-16/h3-7,17H,2,8-15H2,1H3,(H,22,28)/t17-/m0/s1.